The van der Waals surface area contributed by atoms with Gasteiger partial charge in [0.1, 0.15) is 21.6 Å². The molecule has 0 N–H and O–H groups in total. The number of rotatable bonds is 8. The van der Waals surface area contributed by atoms with Crippen LogP contribution in [0.3, 0.4) is 0 Å². The summed E-state index contributed by atoms with van der Waals surface area (Å²) in [6.45, 7) is 2.20. The van der Waals surface area contributed by atoms with Gasteiger partial charge in [-0.1, -0.05) is 38.3 Å². The maximum Gasteiger partial charge on any atom is 1.00 e. The van der Waals surface area contributed by atoms with Gasteiger partial charge < -0.3 is 9.29 Å². The molecule has 24 heavy (non-hydrogen) atoms. The number of benzene rings is 2. The minimum atomic E-state index is -4.42. The smallest absolute Gasteiger partial charge is 0.744 e. The molecule has 0 atom stereocenters. The molecule has 0 aromatic heterocycles. The Labute approximate surface area is 186 Å². The Morgan fingerprint density at radius 2 is 1.42 bits per heavy atom. The topological polar surface area (TPSA) is 66.4 Å². The number of ether oxygens (including phenoxy) is 1. The Kier molecular flexibility index (Phi) is 9.74. The Morgan fingerprint density at radius 3 is 1.92 bits per heavy atom. The molecule has 0 bridgehead atoms. The number of aryl methyl sites for hydroxylation is 1. The van der Waals surface area contributed by atoms with Crippen molar-refractivity contribution in [3.8, 4) is 11.5 Å². The van der Waals surface area contributed by atoms with E-state index in [4.69, 9.17) is 4.74 Å². The van der Waals surface area contributed by atoms with Gasteiger partial charge in [0.2, 0.25) is 0 Å². The molecule has 0 fully saturated rings. The summed E-state index contributed by atoms with van der Waals surface area (Å²) in [6.07, 6.45) is 6.02. The fourth-order valence-corrected chi connectivity index (χ4v) is 2.76. The van der Waals surface area contributed by atoms with Crippen molar-refractivity contribution in [2.24, 2.45) is 0 Å². The standard InChI is InChI=1S/C18H22O4S.K/c1-2-3-4-5-6-15-7-9-16(10-8-15)22-17-11-13-18(14-12-17)23(19,20)21;/h7-14H,2-6H2,1H3,(H,19,20,21);/q;+1/p-1. The van der Waals surface area contributed by atoms with Gasteiger partial charge in [0.25, 0.3) is 0 Å². The predicted molar refractivity (Wildman–Crippen MR) is 88.8 cm³/mol. The fourth-order valence-electron chi connectivity index (χ4n) is 2.29. The molecule has 0 saturated heterocycles. The van der Waals surface area contributed by atoms with Crippen LogP contribution in [0, 0.1) is 0 Å². The third-order valence-corrected chi connectivity index (χ3v) is 4.44. The summed E-state index contributed by atoms with van der Waals surface area (Å²) in [5.41, 5.74) is 1.28. The van der Waals surface area contributed by atoms with Gasteiger partial charge in [0.05, 0.1) is 4.90 Å². The molecule has 0 radical (unpaired) electrons. The zero-order valence-electron chi connectivity index (χ0n) is 14.2. The van der Waals surface area contributed by atoms with Crippen LogP contribution in [0.4, 0.5) is 0 Å². The van der Waals surface area contributed by atoms with Gasteiger partial charge in [0, 0.05) is 0 Å². The molecule has 4 nitrogen and oxygen atoms in total. The number of hydrogen-bond acceptors (Lipinski definition) is 4. The van der Waals surface area contributed by atoms with Crippen molar-refractivity contribution >= 4 is 10.1 Å². The summed E-state index contributed by atoms with van der Waals surface area (Å²) in [5, 5.41) is 0. The van der Waals surface area contributed by atoms with E-state index in [1.165, 1.54) is 55.5 Å². The van der Waals surface area contributed by atoms with Crippen LogP contribution in [-0.2, 0) is 16.5 Å². The van der Waals surface area contributed by atoms with Crippen molar-refractivity contribution in [1.29, 1.82) is 0 Å². The molecule has 0 amide bonds. The van der Waals surface area contributed by atoms with Crippen molar-refractivity contribution in [3.05, 3.63) is 54.1 Å². The Hall–Kier alpha value is -0.214. The molecular weight excluding hydrogens is 351 g/mol. The van der Waals surface area contributed by atoms with Crippen molar-refractivity contribution in [3.63, 3.8) is 0 Å². The van der Waals surface area contributed by atoms with E-state index < -0.39 is 10.1 Å². The van der Waals surface area contributed by atoms with E-state index in [0.29, 0.717) is 11.5 Å². The van der Waals surface area contributed by atoms with E-state index in [1.54, 1.807) is 0 Å². The van der Waals surface area contributed by atoms with Crippen LogP contribution in [-0.4, -0.2) is 13.0 Å². The molecule has 0 spiro atoms. The van der Waals surface area contributed by atoms with Crippen molar-refractivity contribution in [1.82, 2.24) is 0 Å². The van der Waals surface area contributed by atoms with Gasteiger partial charge in [-0.3, -0.25) is 0 Å². The fraction of sp³-hybridized carbons (Fsp3) is 0.333. The molecule has 0 saturated carbocycles. The van der Waals surface area contributed by atoms with Gasteiger partial charge in [-0.25, -0.2) is 8.42 Å². The SMILES string of the molecule is CCCCCCc1ccc(Oc2ccc(S(=O)(=O)[O-])cc2)cc1.[K+]. The Balaban J connectivity index is 0.00000288. The van der Waals surface area contributed by atoms with Crippen LogP contribution in [0.15, 0.2) is 53.4 Å². The molecule has 124 valence electrons. The maximum atomic E-state index is 10.9. The average Bonchev–Trinajstić information content (AvgIpc) is 2.53. The normalized spacial score (nSPS) is 10.9. The first-order chi connectivity index (χ1) is 11.0. The summed E-state index contributed by atoms with van der Waals surface area (Å²) in [7, 11) is -4.42. The minimum absolute atomic E-state index is 0. The van der Waals surface area contributed by atoms with Crippen molar-refractivity contribution in [2.45, 2.75) is 43.9 Å². The van der Waals surface area contributed by atoms with E-state index in [9.17, 15) is 13.0 Å². The van der Waals surface area contributed by atoms with Gasteiger partial charge in [-0.2, -0.15) is 0 Å². The van der Waals surface area contributed by atoms with E-state index >= 15 is 0 Å². The molecule has 0 heterocycles. The third-order valence-electron chi connectivity index (χ3n) is 3.59. The summed E-state index contributed by atoms with van der Waals surface area (Å²) in [4.78, 5) is -0.257. The summed E-state index contributed by atoms with van der Waals surface area (Å²) in [5.74, 6) is 1.17. The molecule has 0 unspecified atom stereocenters. The average molecular weight is 373 g/mol. The maximum absolute atomic E-state index is 10.9. The molecule has 2 rings (SSSR count). The van der Waals surface area contributed by atoms with Gasteiger partial charge >= 0.3 is 51.4 Å². The first-order valence-electron chi connectivity index (χ1n) is 7.82. The zero-order chi connectivity index (χ0) is 16.7. The molecule has 2 aromatic rings. The van der Waals surface area contributed by atoms with Crippen LogP contribution in [0.25, 0.3) is 0 Å². The quantitative estimate of drug-likeness (QED) is 0.400. The predicted octanol–water partition coefficient (Wildman–Crippen LogP) is 1.51. The Morgan fingerprint density at radius 1 is 0.875 bits per heavy atom. The Bertz CT molecular complexity index is 710. The van der Waals surface area contributed by atoms with E-state index in [0.717, 1.165) is 6.42 Å². The molecule has 0 aliphatic carbocycles. The van der Waals surface area contributed by atoms with E-state index in [2.05, 4.69) is 6.92 Å². The van der Waals surface area contributed by atoms with E-state index in [1.807, 2.05) is 24.3 Å². The van der Waals surface area contributed by atoms with Crippen LogP contribution < -0.4 is 56.1 Å². The molecule has 0 aliphatic heterocycles. The van der Waals surface area contributed by atoms with Crippen LogP contribution in [0.1, 0.15) is 38.2 Å². The molecular formula is C18H21KO4S. The van der Waals surface area contributed by atoms with Crippen LogP contribution in [0.2, 0.25) is 0 Å². The van der Waals surface area contributed by atoms with Crippen molar-refractivity contribution < 1.29 is 69.1 Å². The zero-order valence-corrected chi connectivity index (χ0v) is 18.1. The largest absolute Gasteiger partial charge is 1.00 e. The van der Waals surface area contributed by atoms with E-state index in [-0.39, 0.29) is 56.3 Å². The minimum Gasteiger partial charge on any atom is -0.744 e. The number of unbranched alkanes of at least 4 members (excludes halogenated alkanes) is 3. The summed E-state index contributed by atoms with van der Waals surface area (Å²) >= 11 is 0. The monoisotopic (exact) mass is 372 g/mol. The molecule has 2 aromatic carbocycles. The second-order valence-corrected chi connectivity index (χ2v) is 6.86. The third kappa shape index (κ3) is 7.35. The van der Waals surface area contributed by atoms with Gasteiger partial charge in [-0.15, -0.1) is 0 Å². The molecule has 6 heteroatoms. The second-order valence-electron chi connectivity index (χ2n) is 5.48. The first kappa shape index (κ1) is 21.8. The van der Waals surface area contributed by atoms with Crippen LogP contribution in [0.5, 0.6) is 11.5 Å². The number of hydrogen-bond donors (Lipinski definition) is 0. The summed E-state index contributed by atoms with van der Waals surface area (Å²) in [6, 6.07) is 13.3. The van der Waals surface area contributed by atoms with Crippen molar-refractivity contribution in [2.75, 3.05) is 0 Å². The van der Waals surface area contributed by atoms with Gasteiger partial charge in [-0.05, 0) is 54.8 Å². The summed E-state index contributed by atoms with van der Waals surface area (Å²) < 4.78 is 38.3. The van der Waals surface area contributed by atoms with Crippen LogP contribution >= 0.6 is 0 Å². The van der Waals surface area contributed by atoms with Gasteiger partial charge in [0.15, 0.2) is 0 Å². The first-order valence-corrected chi connectivity index (χ1v) is 9.22. The molecule has 0 aliphatic rings. The second kappa shape index (κ2) is 10.7.